The Morgan fingerprint density at radius 3 is 2.71 bits per heavy atom. The summed E-state index contributed by atoms with van der Waals surface area (Å²) in [5.41, 5.74) is 5.92. The zero-order valence-corrected chi connectivity index (χ0v) is 23.8. The number of nitrogens with zero attached hydrogens (tertiary/aromatic N) is 7. The third kappa shape index (κ3) is 5.63. The number of nitrogens with two attached hydrogens (primary N) is 1. The van der Waals surface area contributed by atoms with Crippen LogP contribution in [0.4, 0.5) is 5.13 Å². The number of carboxylic acid groups (broad SMARTS) is 2. The molecule has 2 amide bonds. The van der Waals surface area contributed by atoms with E-state index in [0.717, 1.165) is 21.9 Å². The van der Waals surface area contributed by atoms with E-state index >= 15 is 0 Å². The predicted molar refractivity (Wildman–Crippen MR) is 145 cm³/mol. The number of β-lactam (4-membered cyclic amide) rings is 1. The molecular formula is C23H20ClN9O7S2. The van der Waals surface area contributed by atoms with Gasteiger partial charge in [0.25, 0.3) is 11.8 Å². The van der Waals surface area contributed by atoms with Crippen LogP contribution in [0.2, 0.25) is 4.34 Å². The van der Waals surface area contributed by atoms with E-state index in [0.29, 0.717) is 5.57 Å². The average Bonchev–Trinajstić information content (AvgIpc) is 3.61. The zero-order chi connectivity index (χ0) is 30.1. The molecule has 0 bridgehead atoms. The zero-order valence-electron chi connectivity index (χ0n) is 21.4. The summed E-state index contributed by atoms with van der Waals surface area (Å²) in [7, 11) is 0. The number of hydrogen-bond donors (Lipinski definition) is 3. The Bertz CT molecular complexity index is 1630. The van der Waals surface area contributed by atoms with Gasteiger partial charge in [-0.2, -0.15) is 0 Å². The van der Waals surface area contributed by atoms with Crippen molar-refractivity contribution in [3.63, 3.8) is 0 Å². The summed E-state index contributed by atoms with van der Waals surface area (Å²) in [5.74, 6) is -4.28. The Labute approximate surface area is 249 Å². The number of carboxylic acids is 2. The van der Waals surface area contributed by atoms with Crippen LogP contribution in [0.5, 0.6) is 0 Å². The lowest BCUT2D eigenvalue weighted by molar-refractivity contribution is -0.689. The summed E-state index contributed by atoms with van der Waals surface area (Å²) in [6, 6.07) is 2.41. The highest BCUT2D eigenvalue weighted by molar-refractivity contribution is 8.00. The highest BCUT2D eigenvalue weighted by Crippen LogP contribution is 2.40. The van der Waals surface area contributed by atoms with Crippen molar-refractivity contribution in [1.29, 1.82) is 0 Å². The molecule has 5 rings (SSSR count). The van der Waals surface area contributed by atoms with Crippen molar-refractivity contribution in [3.05, 3.63) is 58.2 Å². The molecule has 0 saturated carbocycles. The summed E-state index contributed by atoms with van der Waals surface area (Å²) >= 11 is 8.23. The second kappa shape index (κ2) is 11.7. The molecule has 5 heterocycles. The average molecular weight is 634 g/mol. The number of nitrogen functional groups attached to an aromatic ring is 1. The maximum absolute atomic E-state index is 13.2. The van der Waals surface area contributed by atoms with E-state index in [4.69, 9.17) is 27.3 Å². The van der Waals surface area contributed by atoms with Gasteiger partial charge in [0.05, 0.1) is 29.7 Å². The number of oxime groups is 1. The largest absolute Gasteiger partial charge is 0.543 e. The minimum absolute atomic E-state index is 0.0117. The molecular weight excluding hydrogens is 614 g/mol. The molecule has 0 spiro atoms. The lowest BCUT2D eigenvalue weighted by Gasteiger charge is -2.50. The molecule has 3 aromatic rings. The summed E-state index contributed by atoms with van der Waals surface area (Å²) < 4.78 is 3.30. The molecule has 1 fully saturated rings. The van der Waals surface area contributed by atoms with Crippen LogP contribution in [-0.2, 0) is 30.6 Å². The van der Waals surface area contributed by atoms with Crippen LogP contribution in [-0.4, -0.2) is 82.7 Å². The number of hydrogen-bond acceptors (Lipinski definition) is 13. The molecule has 2 aliphatic heterocycles. The fourth-order valence-electron chi connectivity index (χ4n) is 4.11. The standard InChI is InChI=1S/C23H20ClN9O7S2/c1-10(21(36)37)40-29-14(13-17(24)42-23(25)28-13)18(34)27-15-19(35)33-16(22(38)39)11(9-41-20(15)33)8-31-5-2-12(3-6-31)32-7-4-26-30-32/h2-7,10,15,20H,8-9H2,1H3,(H4-,25,27,28,34,36,37,38,39)/b29-14-/t10-,15+,20+/m0/s1. The van der Waals surface area contributed by atoms with Crippen LogP contribution in [0.3, 0.4) is 0 Å². The Kier molecular flexibility index (Phi) is 8.10. The number of rotatable bonds is 10. The van der Waals surface area contributed by atoms with Gasteiger partial charge < -0.3 is 30.9 Å². The number of anilines is 1. The normalized spacial score (nSPS) is 19.1. The molecule has 3 atom stereocenters. The van der Waals surface area contributed by atoms with Gasteiger partial charge in [-0.05, 0) is 6.92 Å². The summed E-state index contributed by atoms with van der Waals surface area (Å²) in [6.07, 6.45) is 5.28. The molecule has 0 aliphatic carbocycles. The Hall–Kier alpha value is -4.55. The van der Waals surface area contributed by atoms with Crippen molar-refractivity contribution in [2.24, 2.45) is 5.16 Å². The molecule has 2 aliphatic rings. The molecule has 0 unspecified atom stereocenters. The molecule has 218 valence electrons. The van der Waals surface area contributed by atoms with Crippen molar-refractivity contribution in [2.45, 2.75) is 31.0 Å². The molecule has 3 aromatic heterocycles. The van der Waals surface area contributed by atoms with Gasteiger partial charge in [0.1, 0.15) is 21.4 Å². The van der Waals surface area contributed by atoms with E-state index in [2.05, 4.69) is 25.8 Å². The number of amides is 2. The second-order valence-electron chi connectivity index (χ2n) is 8.88. The van der Waals surface area contributed by atoms with Gasteiger partial charge >= 0.3 is 5.97 Å². The van der Waals surface area contributed by atoms with Crippen LogP contribution >= 0.6 is 34.7 Å². The van der Waals surface area contributed by atoms with Crippen LogP contribution in [0.25, 0.3) is 5.69 Å². The first-order chi connectivity index (χ1) is 20.0. The number of aliphatic carboxylic acids is 2. The number of carbonyl (C=O) groups excluding carboxylic acids is 3. The fraction of sp³-hybridized carbons (Fsp3) is 0.261. The van der Waals surface area contributed by atoms with Crippen molar-refractivity contribution in [1.82, 2.24) is 30.2 Å². The number of pyridine rings is 1. The van der Waals surface area contributed by atoms with E-state index in [1.807, 2.05) is 0 Å². The first kappa shape index (κ1) is 29.0. The fourth-order valence-corrected chi connectivity index (χ4v) is 6.37. The van der Waals surface area contributed by atoms with Gasteiger partial charge in [-0.15, -0.1) is 16.9 Å². The number of aromatic nitrogens is 5. The van der Waals surface area contributed by atoms with Gasteiger partial charge in [-0.3, -0.25) is 14.5 Å². The monoisotopic (exact) mass is 633 g/mol. The van der Waals surface area contributed by atoms with Gasteiger partial charge in [0.15, 0.2) is 29.8 Å². The topological polar surface area (TPSA) is 222 Å². The first-order valence-electron chi connectivity index (χ1n) is 12.0. The highest BCUT2D eigenvalue weighted by Gasteiger charge is 2.53. The number of halogens is 1. The minimum Gasteiger partial charge on any atom is -0.543 e. The third-order valence-corrected chi connectivity index (χ3v) is 8.58. The Balaban J connectivity index is 1.34. The number of thiazole rings is 1. The predicted octanol–water partition coefficient (Wildman–Crippen LogP) is -1.46. The van der Waals surface area contributed by atoms with Crippen molar-refractivity contribution >= 4 is 69.3 Å². The van der Waals surface area contributed by atoms with E-state index in [1.54, 1.807) is 46.2 Å². The number of fused-ring (bicyclic) bond motifs is 1. The Morgan fingerprint density at radius 2 is 2.12 bits per heavy atom. The maximum Gasteiger partial charge on any atom is 0.347 e. The summed E-state index contributed by atoms with van der Waals surface area (Å²) in [6.45, 7) is 1.36. The summed E-state index contributed by atoms with van der Waals surface area (Å²) in [4.78, 5) is 59.6. The lowest BCUT2D eigenvalue weighted by Crippen LogP contribution is -2.71. The van der Waals surface area contributed by atoms with Gasteiger partial charge in [-0.1, -0.05) is 33.3 Å². The van der Waals surface area contributed by atoms with Gasteiger partial charge in [-0.25, -0.2) is 19.0 Å². The summed E-state index contributed by atoms with van der Waals surface area (Å²) in [5, 5.41) is 34.3. The van der Waals surface area contributed by atoms with Crippen LogP contribution < -0.4 is 20.7 Å². The van der Waals surface area contributed by atoms with Crippen LogP contribution in [0.1, 0.15) is 12.6 Å². The number of carbonyl (C=O) groups is 4. The van der Waals surface area contributed by atoms with E-state index in [-0.39, 0.29) is 33.2 Å². The van der Waals surface area contributed by atoms with Gasteiger partial charge in [0, 0.05) is 23.5 Å². The van der Waals surface area contributed by atoms with Crippen molar-refractivity contribution in [2.75, 3.05) is 11.5 Å². The molecule has 42 heavy (non-hydrogen) atoms. The van der Waals surface area contributed by atoms with Gasteiger partial charge in [0.2, 0.25) is 6.10 Å². The number of thioether (sulfide) groups is 1. The van der Waals surface area contributed by atoms with Crippen molar-refractivity contribution in [3.8, 4) is 5.69 Å². The third-order valence-electron chi connectivity index (χ3n) is 6.15. The van der Waals surface area contributed by atoms with Crippen molar-refractivity contribution < 1.29 is 38.8 Å². The highest BCUT2D eigenvalue weighted by atomic mass is 35.5. The maximum atomic E-state index is 13.2. The van der Waals surface area contributed by atoms with Crippen LogP contribution in [0, 0.1) is 0 Å². The Morgan fingerprint density at radius 1 is 1.38 bits per heavy atom. The van der Waals surface area contributed by atoms with E-state index in [1.165, 1.54) is 18.7 Å². The smallest absolute Gasteiger partial charge is 0.347 e. The molecule has 1 saturated heterocycles. The second-order valence-corrected chi connectivity index (χ2v) is 11.6. The van der Waals surface area contributed by atoms with Crippen LogP contribution in [0.15, 0.2) is 53.3 Å². The SMILES string of the molecule is C[C@H](O/N=C(\C(=O)N[C@@H]1C(=O)N2C(C(=O)[O-])=C(C[n+]3ccc(-n4ccnn4)cc3)CS[C@H]12)c1nc(N)sc1Cl)C(=O)O. The molecule has 4 N–H and O–H groups in total. The first-order valence-corrected chi connectivity index (χ1v) is 14.2. The molecule has 0 radical (unpaired) electrons. The quantitative estimate of drug-likeness (QED) is 0.101. The minimum atomic E-state index is -1.53. The molecule has 0 aromatic carbocycles. The van der Waals surface area contributed by atoms with E-state index < -0.39 is 47.0 Å². The van der Waals surface area contributed by atoms with E-state index in [9.17, 15) is 24.3 Å². The molecule has 16 nitrogen and oxygen atoms in total. The molecule has 19 heteroatoms. The lowest BCUT2D eigenvalue weighted by atomic mass is 10.0. The number of nitrogens with one attached hydrogen (secondary N) is 1.